The number of benzene rings is 5. The maximum absolute atomic E-state index is 13.0. The number of carbonyl (C=O) groups excluding carboxylic acids is 2. The maximum Gasteiger partial charge on any atom is 0.255 e. The van der Waals surface area contributed by atoms with Crippen molar-refractivity contribution in [3.63, 3.8) is 0 Å². The van der Waals surface area contributed by atoms with Crippen LogP contribution in [-0.4, -0.2) is 37.8 Å². The van der Waals surface area contributed by atoms with Crippen molar-refractivity contribution in [1.29, 1.82) is 0 Å². The van der Waals surface area contributed by atoms with Crippen molar-refractivity contribution >= 4 is 70.8 Å². The Balaban J connectivity index is 0.000000267. The van der Waals surface area contributed by atoms with Gasteiger partial charge in [-0.05, 0) is 92.2 Å². The fraction of sp³-hybridized carbons (Fsp3) is 0.167. The van der Waals surface area contributed by atoms with Crippen molar-refractivity contribution in [2.75, 3.05) is 10.6 Å². The van der Waals surface area contributed by atoms with E-state index in [1.165, 1.54) is 24.3 Å². The lowest BCUT2D eigenvalue weighted by atomic mass is 10.0. The van der Waals surface area contributed by atoms with Gasteiger partial charge in [-0.15, -0.1) is 0 Å². The first-order chi connectivity index (χ1) is 29.5. The van der Waals surface area contributed by atoms with Gasteiger partial charge in [-0.3, -0.25) is 9.59 Å². The number of carbonyl (C=O) groups is 2. The van der Waals surface area contributed by atoms with Crippen LogP contribution in [0.3, 0.4) is 0 Å². The number of hydrogen-bond donors (Lipinski definition) is 2. The van der Waals surface area contributed by atoms with Crippen molar-refractivity contribution < 1.29 is 44.7 Å². The molecule has 0 saturated carbocycles. The number of rotatable bonds is 11. The molecule has 62 heavy (non-hydrogen) atoms. The molecule has 2 heterocycles. The second-order valence-corrected chi connectivity index (χ2v) is 17.2. The fourth-order valence-electron chi connectivity index (χ4n) is 6.36. The Bertz CT molecular complexity index is 2860. The molecule has 0 spiro atoms. The summed E-state index contributed by atoms with van der Waals surface area (Å²) < 4.78 is 66.8. The smallest absolute Gasteiger partial charge is 0.255 e. The highest BCUT2D eigenvalue weighted by molar-refractivity contribution is 7.86. The van der Waals surface area contributed by atoms with Gasteiger partial charge < -0.3 is 19.7 Å². The number of anilines is 2. The minimum Gasteiger partial charge on any atom is -0.744 e. The van der Waals surface area contributed by atoms with E-state index in [0.29, 0.717) is 22.4 Å². The summed E-state index contributed by atoms with van der Waals surface area (Å²) in [5, 5.41) is 8.06. The van der Waals surface area contributed by atoms with Crippen LogP contribution in [0.5, 0.6) is 0 Å². The van der Waals surface area contributed by atoms with Gasteiger partial charge in [-0.1, -0.05) is 68.0 Å². The second kappa shape index (κ2) is 20.8. The van der Waals surface area contributed by atoms with Gasteiger partial charge in [-0.2, -0.15) is 9.13 Å². The van der Waals surface area contributed by atoms with Crippen LogP contribution >= 0.6 is 0 Å². The van der Waals surface area contributed by atoms with Crippen LogP contribution in [0, 0.1) is 13.8 Å². The van der Waals surface area contributed by atoms with E-state index in [1.807, 2.05) is 74.5 Å². The normalized spacial score (nSPS) is 11.1. The summed E-state index contributed by atoms with van der Waals surface area (Å²) in [7, 11) is -8.54. The second-order valence-electron chi connectivity index (χ2n) is 14.4. The molecule has 2 aromatic heterocycles. The number of pyridine rings is 2. The molecule has 7 aromatic rings. The van der Waals surface area contributed by atoms with E-state index in [1.54, 1.807) is 48.5 Å². The van der Waals surface area contributed by atoms with Crippen LogP contribution in [0.4, 0.5) is 11.4 Å². The molecular weight excluding hydrogens is 825 g/mol. The number of hydrogen-bond acceptors (Lipinski definition) is 8. The van der Waals surface area contributed by atoms with Gasteiger partial charge in [-0.25, -0.2) is 16.8 Å². The zero-order valence-corrected chi connectivity index (χ0v) is 36.5. The molecule has 12 nitrogen and oxygen atoms in total. The van der Waals surface area contributed by atoms with E-state index in [4.69, 9.17) is 0 Å². The lowest BCUT2D eigenvalue weighted by Gasteiger charge is -2.10. The summed E-state index contributed by atoms with van der Waals surface area (Å²) in [6, 6.07) is 38.4. The summed E-state index contributed by atoms with van der Waals surface area (Å²) in [6.45, 7) is 13.8. The number of nitrogens with one attached hydrogen (secondary N) is 2. The largest absolute Gasteiger partial charge is 0.744 e. The van der Waals surface area contributed by atoms with Crippen LogP contribution in [-0.2, 0) is 38.1 Å². The van der Waals surface area contributed by atoms with Crippen molar-refractivity contribution in [2.24, 2.45) is 0 Å². The Kier molecular flexibility index (Phi) is 15.6. The quantitative estimate of drug-likeness (QED) is 0.0744. The van der Waals surface area contributed by atoms with E-state index in [0.717, 1.165) is 64.6 Å². The van der Waals surface area contributed by atoms with E-state index in [2.05, 4.69) is 52.6 Å². The van der Waals surface area contributed by atoms with E-state index >= 15 is 0 Å². The number of fused-ring (bicyclic) bond motifs is 2. The molecule has 0 aliphatic rings. The molecule has 320 valence electrons. The van der Waals surface area contributed by atoms with E-state index in [-0.39, 0.29) is 21.6 Å². The van der Waals surface area contributed by atoms with Gasteiger partial charge in [0.15, 0.2) is 12.4 Å². The zero-order valence-electron chi connectivity index (χ0n) is 34.9. The van der Waals surface area contributed by atoms with Gasteiger partial charge in [0.25, 0.3) is 11.8 Å². The van der Waals surface area contributed by atoms with Crippen molar-refractivity contribution in [1.82, 2.24) is 0 Å². The highest BCUT2D eigenvalue weighted by Crippen LogP contribution is 2.22. The van der Waals surface area contributed by atoms with Crippen LogP contribution in [0.15, 0.2) is 162 Å². The molecule has 2 N–H and O–H groups in total. The molecular formula is C48H48N4O8S2. The van der Waals surface area contributed by atoms with Crippen LogP contribution in [0.1, 0.15) is 53.7 Å². The van der Waals surface area contributed by atoms with Gasteiger partial charge in [0.2, 0.25) is 11.0 Å². The molecule has 0 bridgehead atoms. The maximum atomic E-state index is 13.0. The summed E-state index contributed by atoms with van der Waals surface area (Å²) in [6.07, 6.45) is 6.24. The van der Waals surface area contributed by atoms with E-state index < -0.39 is 20.2 Å². The monoisotopic (exact) mass is 872 g/mol. The van der Waals surface area contributed by atoms with Crippen molar-refractivity contribution in [2.45, 2.75) is 63.4 Å². The van der Waals surface area contributed by atoms with Gasteiger partial charge in [0, 0.05) is 70.4 Å². The predicted molar refractivity (Wildman–Crippen MR) is 239 cm³/mol. The molecule has 0 atom stereocenters. The molecule has 2 amide bonds. The van der Waals surface area contributed by atoms with Gasteiger partial charge >= 0.3 is 0 Å². The molecule has 0 unspecified atom stereocenters. The Morgan fingerprint density at radius 3 is 1.37 bits per heavy atom. The number of aromatic nitrogens is 2. The molecule has 0 saturated heterocycles. The van der Waals surface area contributed by atoms with Crippen molar-refractivity contribution in [3.05, 3.63) is 175 Å². The summed E-state index contributed by atoms with van der Waals surface area (Å²) >= 11 is 0. The minimum atomic E-state index is -4.27. The highest BCUT2D eigenvalue weighted by atomic mass is 32.2. The summed E-state index contributed by atoms with van der Waals surface area (Å²) in [5.74, 6) is -0.500. The third-order valence-electron chi connectivity index (χ3n) is 9.59. The summed E-state index contributed by atoms with van der Waals surface area (Å²) in [4.78, 5) is 25.5. The SMILES string of the molecule is C=C(C(=O)Nc1ccc2c(ccc[n+]2CCC)c1)c1ccc(C(=O)Nc2ccc3c(ccc[n+]3CCC)c2)cc1.Cc1ccc(S(=O)(=O)[O-])cc1.Cc1ccc(S(=O)(=O)[O-])cc1. The van der Waals surface area contributed by atoms with Gasteiger partial charge in [0.05, 0.1) is 9.79 Å². The molecule has 7 rings (SSSR count). The average molecular weight is 873 g/mol. The zero-order chi connectivity index (χ0) is 45.0. The van der Waals surface area contributed by atoms with Crippen LogP contribution < -0.4 is 19.8 Å². The number of nitrogens with zero attached hydrogens (tertiary/aromatic N) is 2. The van der Waals surface area contributed by atoms with Crippen molar-refractivity contribution in [3.8, 4) is 0 Å². The lowest BCUT2D eigenvalue weighted by Crippen LogP contribution is -2.33. The number of aryl methyl sites for hydroxylation is 4. The van der Waals surface area contributed by atoms with Crippen LogP contribution in [0.25, 0.3) is 27.4 Å². The third-order valence-corrected chi connectivity index (χ3v) is 11.3. The first-order valence-corrected chi connectivity index (χ1v) is 22.6. The molecule has 0 fully saturated rings. The first-order valence-electron chi connectivity index (χ1n) is 19.8. The summed E-state index contributed by atoms with van der Waals surface area (Å²) in [5.41, 5.74) is 7.04. The van der Waals surface area contributed by atoms with Gasteiger partial charge in [0.1, 0.15) is 33.3 Å². The Hall–Kier alpha value is -6.58. The molecule has 0 aliphatic carbocycles. The average Bonchev–Trinajstić information content (AvgIpc) is 3.24. The Labute approximate surface area is 362 Å². The molecule has 0 aliphatic heterocycles. The Morgan fingerprint density at radius 2 is 0.968 bits per heavy atom. The lowest BCUT2D eigenvalue weighted by molar-refractivity contribution is -0.671. The molecule has 5 aromatic carbocycles. The highest BCUT2D eigenvalue weighted by Gasteiger charge is 2.15. The third kappa shape index (κ3) is 12.7. The molecule has 0 radical (unpaired) electrons. The molecule has 14 heteroatoms. The Morgan fingerprint density at radius 1 is 0.565 bits per heavy atom. The minimum absolute atomic E-state index is 0.178. The van der Waals surface area contributed by atoms with Crippen LogP contribution in [0.2, 0.25) is 0 Å². The standard InChI is InChI=1S/C34H32N4O2.2C7H8O3S/c1-4-18-37-20-6-8-27-22-29(14-16-31(27)37)35-33(39)24(3)25-10-12-26(13-11-25)34(40)36-30-15-17-32-28(23-30)9-7-21-38(32)19-5-2;2*1-6-2-4-7(5-3-6)11(8,9)10/h6-17,20-23H,3-5,18-19H2,1-2H3;2*2-5H,1H3,(H,8,9,10). The predicted octanol–water partition coefficient (Wildman–Crippen LogP) is 8.09. The number of amides is 2. The topological polar surface area (TPSA) is 180 Å². The fourth-order valence-corrected chi connectivity index (χ4v) is 7.30. The first kappa shape index (κ1) is 46.5. The van der Waals surface area contributed by atoms with E-state index in [9.17, 15) is 35.5 Å².